The van der Waals surface area contributed by atoms with Gasteiger partial charge in [-0.25, -0.2) is 14.3 Å². The summed E-state index contributed by atoms with van der Waals surface area (Å²) in [5.41, 5.74) is 7.38. The Morgan fingerprint density at radius 2 is 1.80 bits per heavy atom. The average molecular weight is 298 g/mol. The van der Waals surface area contributed by atoms with Gasteiger partial charge in [-0.1, -0.05) is 0 Å². The van der Waals surface area contributed by atoms with Crippen molar-refractivity contribution in [3.8, 4) is 0 Å². The number of hydrogen-bond acceptors (Lipinski definition) is 6. The van der Waals surface area contributed by atoms with Gasteiger partial charge in [0, 0.05) is 6.54 Å². The van der Waals surface area contributed by atoms with Crippen molar-refractivity contribution in [3.05, 3.63) is 17.1 Å². The fourth-order valence-corrected chi connectivity index (χ4v) is 2.87. The van der Waals surface area contributed by atoms with Crippen LogP contribution in [0.15, 0.2) is 4.40 Å². The summed E-state index contributed by atoms with van der Waals surface area (Å²) in [5.74, 6) is 0.138. The van der Waals surface area contributed by atoms with Crippen LogP contribution in [0, 0.1) is 13.8 Å². The molecule has 0 unspecified atom stereocenters. The number of nitrogens with zero attached hydrogens (tertiary/aromatic N) is 5. The molecule has 0 saturated carbocycles. The van der Waals surface area contributed by atoms with Crippen LogP contribution in [-0.4, -0.2) is 56.3 Å². The standard InChI is InChI=1S/C11H18N6O2S/c1-7-8(2)14-11-9(13-7)10(12)15-20(18,19)17(11)6-5-16(3)4/h5-6H2,1-4H3,(H2,12,15). The van der Waals surface area contributed by atoms with Crippen molar-refractivity contribution in [1.82, 2.24) is 14.9 Å². The minimum Gasteiger partial charge on any atom is -0.381 e. The van der Waals surface area contributed by atoms with E-state index in [4.69, 9.17) is 5.73 Å². The van der Waals surface area contributed by atoms with Crippen molar-refractivity contribution >= 4 is 21.9 Å². The van der Waals surface area contributed by atoms with Gasteiger partial charge in [0.2, 0.25) is 0 Å². The Hall–Kier alpha value is -1.74. The van der Waals surface area contributed by atoms with Gasteiger partial charge in [-0.3, -0.25) is 0 Å². The summed E-state index contributed by atoms with van der Waals surface area (Å²) < 4.78 is 29.0. The fraction of sp³-hybridized carbons (Fsp3) is 0.545. The van der Waals surface area contributed by atoms with Gasteiger partial charge in [-0.05, 0) is 27.9 Å². The molecule has 0 saturated heterocycles. The first-order chi connectivity index (χ1) is 9.22. The van der Waals surface area contributed by atoms with Gasteiger partial charge in [0.25, 0.3) is 0 Å². The molecule has 0 radical (unpaired) electrons. The average Bonchev–Trinajstić information content (AvgIpc) is 2.30. The highest BCUT2D eigenvalue weighted by Crippen LogP contribution is 2.26. The van der Waals surface area contributed by atoms with Crippen molar-refractivity contribution in [1.29, 1.82) is 0 Å². The number of aryl methyl sites for hydroxylation is 2. The molecule has 2 N–H and O–H groups in total. The summed E-state index contributed by atoms with van der Waals surface area (Å²) in [6.45, 7) is 4.36. The number of fused-ring (bicyclic) bond motifs is 1. The minimum absolute atomic E-state index is 0.114. The van der Waals surface area contributed by atoms with E-state index in [2.05, 4.69) is 14.4 Å². The summed E-state index contributed by atoms with van der Waals surface area (Å²) in [6.07, 6.45) is 0. The van der Waals surface area contributed by atoms with Crippen molar-refractivity contribution in [2.45, 2.75) is 13.8 Å². The first kappa shape index (κ1) is 14.7. The van der Waals surface area contributed by atoms with Gasteiger partial charge >= 0.3 is 10.2 Å². The van der Waals surface area contributed by atoms with Crippen LogP contribution >= 0.6 is 0 Å². The topological polar surface area (TPSA) is 105 Å². The largest absolute Gasteiger partial charge is 0.381 e. The quantitative estimate of drug-likeness (QED) is 0.801. The van der Waals surface area contributed by atoms with Gasteiger partial charge in [0.05, 0.1) is 17.9 Å². The molecule has 8 nitrogen and oxygen atoms in total. The molecule has 0 aliphatic carbocycles. The maximum absolute atomic E-state index is 12.1. The molecular formula is C11H18N6O2S. The van der Waals surface area contributed by atoms with Crippen molar-refractivity contribution < 1.29 is 8.42 Å². The highest BCUT2D eigenvalue weighted by molar-refractivity contribution is 7.91. The minimum atomic E-state index is -3.84. The normalized spacial score (nSPS) is 17.1. The number of rotatable bonds is 3. The van der Waals surface area contributed by atoms with E-state index in [0.717, 1.165) is 4.31 Å². The summed E-state index contributed by atoms with van der Waals surface area (Å²) in [7, 11) is -0.120. The molecule has 0 fully saturated rings. The number of likely N-dealkylation sites (N-methyl/N-ethyl adjacent to an activating group) is 1. The van der Waals surface area contributed by atoms with Crippen LogP contribution in [0.25, 0.3) is 0 Å². The smallest absolute Gasteiger partial charge is 0.348 e. The molecule has 2 heterocycles. The highest BCUT2D eigenvalue weighted by atomic mass is 32.2. The van der Waals surface area contributed by atoms with Gasteiger partial charge in [0.15, 0.2) is 11.7 Å². The molecule has 1 aliphatic heterocycles. The predicted octanol–water partition coefficient (Wildman–Crippen LogP) is -0.575. The van der Waals surface area contributed by atoms with Crippen LogP contribution in [0.2, 0.25) is 0 Å². The second-order valence-electron chi connectivity index (χ2n) is 4.90. The van der Waals surface area contributed by atoms with E-state index in [-0.39, 0.29) is 18.2 Å². The highest BCUT2D eigenvalue weighted by Gasteiger charge is 2.33. The Balaban J connectivity index is 2.55. The van der Waals surface area contributed by atoms with Crippen molar-refractivity contribution in [3.63, 3.8) is 0 Å². The molecule has 2 rings (SSSR count). The van der Waals surface area contributed by atoms with E-state index >= 15 is 0 Å². The zero-order chi connectivity index (χ0) is 15.1. The first-order valence-electron chi connectivity index (χ1n) is 6.11. The third kappa shape index (κ3) is 2.59. The van der Waals surface area contributed by atoms with E-state index in [0.29, 0.717) is 23.6 Å². The van der Waals surface area contributed by atoms with Crippen molar-refractivity contribution in [2.75, 3.05) is 31.5 Å². The lowest BCUT2D eigenvalue weighted by Crippen LogP contribution is -2.42. The van der Waals surface area contributed by atoms with E-state index in [1.54, 1.807) is 13.8 Å². The molecule has 0 spiro atoms. The maximum atomic E-state index is 12.1. The van der Waals surface area contributed by atoms with E-state index in [1.165, 1.54) is 0 Å². The first-order valence-corrected chi connectivity index (χ1v) is 7.50. The lowest BCUT2D eigenvalue weighted by atomic mass is 10.3. The second-order valence-corrected chi connectivity index (χ2v) is 6.42. The summed E-state index contributed by atoms with van der Waals surface area (Å²) >= 11 is 0. The fourth-order valence-electron chi connectivity index (χ4n) is 1.78. The third-order valence-corrected chi connectivity index (χ3v) is 4.35. The SMILES string of the molecule is Cc1nc2c(nc1C)N(CCN(C)C)S(=O)(=O)N=C2N. The monoisotopic (exact) mass is 298 g/mol. The van der Waals surface area contributed by atoms with Crippen LogP contribution < -0.4 is 10.0 Å². The maximum Gasteiger partial charge on any atom is 0.348 e. The Morgan fingerprint density at radius 3 is 2.40 bits per heavy atom. The molecule has 0 bridgehead atoms. The Kier molecular flexibility index (Phi) is 3.65. The van der Waals surface area contributed by atoms with E-state index < -0.39 is 10.2 Å². The van der Waals surface area contributed by atoms with Crippen LogP contribution in [0.1, 0.15) is 17.1 Å². The Morgan fingerprint density at radius 1 is 1.20 bits per heavy atom. The summed E-state index contributed by atoms with van der Waals surface area (Å²) in [4.78, 5) is 10.5. The Labute approximate surface area is 118 Å². The molecule has 0 amide bonds. The molecule has 20 heavy (non-hydrogen) atoms. The molecule has 0 aromatic carbocycles. The van der Waals surface area contributed by atoms with Crippen LogP contribution in [0.3, 0.4) is 0 Å². The van der Waals surface area contributed by atoms with E-state index in [9.17, 15) is 8.42 Å². The molecule has 1 aromatic heterocycles. The Bertz CT molecular complexity index is 668. The van der Waals surface area contributed by atoms with Gasteiger partial charge in [-0.2, -0.15) is 8.42 Å². The van der Waals surface area contributed by atoms with Crippen LogP contribution in [0.5, 0.6) is 0 Å². The number of aromatic nitrogens is 2. The zero-order valence-corrected chi connectivity index (χ0v) is 12.8. The lowest BCUT2D eigenvalue weighted by Gasteiger charge is -2.27. The molecule has 0 atom stereocenters. The number of hydrogen-bond donors (Lipinski definition) is 1. The summed E-state index contributed by atoms with van der Waals surface area (Å²) in [6, 6.07) is 0. The molecule has 1 aromatic rings. The predicted molar refractivity (Wildman–Crippen MR) is 77.1 cm³/mol. The molecular weight excluding hydrogens is 280 g/mol. The third-order valence-electron chi connectivity index (χ3n) is 3.01. The van der Waals surface area contributed by atoms with E-state index in [1.807, 2.05) is 19.0 Å². The second kappa shape index (κ2) is 4.98. The molecule has 9 heteroatoms. The zero-order valence-electron chi connectivity index (χ0n) is 12.0. The van der Waals surface area contributed by atoms with Crippen LogP contribution in [-0.2, 0) is 10.2 Å². The van der Waals surface area contributed by atoms with Gasteiger partial charge < -0.3 is 10.6 Å². The van der Waals surface area contributed by atoms with Gasteiger partial charge in [0.1, 0.15) is 5.69 Å². The summed E-state index contributed by atoms with van der Waals surface area (Å²) in [5, 5.41) is 0. The molecule has 1 aliphatic rings. The number of anilines is 1. The number of amidine groups is 1. The van der Waals surface area contributed by atoms with Crippen molar-refractivity contribution in [2.24, 2.45) is 10.1 Å². The van der Waals surface area contributed by atoms with Crippen LogP contribution in [0.4, 0.5) is 5.82 Å². The van der Waals surface area contributed by atoms with Gasteiger partial charge in [-0.15, -0.1) is 4.40 Å². The number of nitrogens with two attached hydrogens (primary N) is 1. The molecule has 110 valence electrons. The lowest BCUT2D eigenvalue weighted by molar-refractivity contribution is 0.419.